The molecule has 156 valence electrons. The lowest BCUT2D eigenvalue weighted by Gasteiger charge is -2.09. The number of hydrogen-bond acceptors (Lipinski definition) is 6. The number of sulfonamides is 1. The van der Waals surface area contributed by atoms with Crippen LogP contribution in [0.1, 0.15) is 18.1 Å². The molecule has 0 atom stereocenters. The molecule has 0 unspecified atom stereocenters. The van der Waals surface area contributed by atoms with Crippen LogP contribution in [0.4, 0.5) is 5.69 Å². The minimum atomic E-state index is -3.69. The number of hydrazone groups is 1. The SMILES string of the molecule is C/C(=N/NC(=O)/C(C#N)=C/N(C)C)c1ccc(NS(=O)(=O)c2ccc(C)cc2)cc1. The molecular weight excluding hydrogens is 402 g/mol. The van der Waals surface area contributed by atoms with Crippen molar-refractivity contribution in [1.82, 2.24) is 10.3 Å². The van der Waals surface area contributed by atoms with E-state index in [1.54, 1.807) is 74.4 Å². The summed E-state index contributed by atoms with van der Waals surface area (Å²) in [6.45, 7) is 3.57. The van der Waals surface area contributed by atoms with E-state index in [1.165, 1.54) is 6.20 Å². The Morgan fingerprint density at radius 1 is 1.10 bits per heavy atom. The Morgan fingerprint density at radius 2 is 1.70 bits per heavy atom. The molecule has 2 aromatic carbocycles. The maximum absolute atomic E-state index is 12.5. The minimum Gasteiger partial charge on any atom is -0.382 e. The molecule has 9 heteroatoms. The van der Waals surface area contributed by atoms with Crippen LogP contribution < -0.4 is 10.1 Å². The summed E-state index contributed by atoms with van der Waals surface area (Å²) in [6, 6.07) is 14.9. The third-order valence-electron chi connectivity index (χ3n) is 3.96. The van der Waals surface area contributed by atoms with Gasteiger partial charge in [0.1, 0.15) is 11.6 Å². The number of nitriles is 1. The Morgan fingerprint density at radius 3 is 2.23 bits per heavy atom. The Kier molecular flexibility index (Phi) is 7.33. The lowest BCUT2D eigenvalue weighted by atomic mass is 10.1. The molecule has 0 heterocycles. The first-order chi connectivity index (χ1) is 14.1. The van der Waals surface area contributed by atoms with Gasteiger partial charge in [-0.2, -0.15) is 10.4 Å². The number of hydrogen-bond donors (Lipinski definition) is 2. The largest absolute Gasteiger partial charge is 0.382 e. The molecule has 0 saturated heterocycles. The van der Waals surface area contributed by atoms with E-state index >= 15 is 0 Å². The van der Waals surface area contributed by atoms with E-state index in [2.05, 4.69) is 15.2 Å². The first-order valence-electron chi connectivity index (χ1n) is 8.95. The van der Waals surface area contributed by atoms with Gasteiger partial charge in [0.05, 0.1) is 10.6 Å². The lowest BCUT2D eigenvalue weighted by Crippen LogP contribution is -2.22. The van der Waals surface area contributed by atoms with E-state index in [9.17, 15) is 13.2 Å². The summed E-state index contributed by atoms with van der Waals surface area (Å²) in [7, 11) is -0.281. The van der Waals surface area contributed by atoms with E-state index in [1.807, 2.05) is 13.0 Å². The predicted molar refractivity (Wildman–Crippen MR) is 116 cm³/mol. The number of amides is 1. The van der Waals surface area contributed by atoms with Gasteiger partial charge in [0, 0.05) is 26.0 Å². The van der Waals surface area contributed by atoms with Crippen molar-refractivity contribution in [3.8, 4) is 6.07 Å². The van der Waals surface area contributed by atoms with Crippen LogP contribution in [-0.4, -0.2) is 39.0 Å². The molecule has 0 aromatic heterocycles. The van der Waals surface area contributed by atoms with Crippen molar-refractivity contribution in [1.29, 1.82) is 5.26 Å². The van der Waals surface area contributed by atoms with Crippen LogP contribution in [0, 0.1) is 18.3 Å². The molecule has 1 amide bonds. The monoisotopic (exact) mass is 425 g/mol. The predicted octanol–water partition coefficient (Wildman–Crippen LogP) is 2.61. The molecule has 30 heavy (non-hydrogen) atoms. The highest BCUT2D eigenvalue weighted by molar-refractivity contribution is 7.92. The third kappa shape index (κ3) is 6.18. The van der Waals surface area contributed by atoms with Gasteiger partial charge in [-0.15, -0.1) is 0 Å². The normalized spacial score (nSPS) is 12.1. The van der Waals surface area contributed by atoms with Crippen molar-refractivity contribution >= 4 is 27.3 Å². The van der Waals surface area contributed by atoms with Gasteiger partial charge in [-0.3, -0.25) is 9.52 Å². The van der Waals surface area contributed by atoms with Crippen LogP contribution in [0.15, 0.2) is 70.3 Å². The lowest BCUT2D eigenvalue weighted by molar-refractivity contribution is -0.117. The van der Waals surface area contributed by atoms with Crippen LogP contribution in [0.25, 0.3) is 0 Å². The fraction of sp³-hybridized carbons (Fsp3) is 0.190. The zero-order chi connectivity index (χ0) is 22.3. The van der Waals surface area contributed by atoms with Crippen LogP contribution in [-0.2, 0) is 14.8 Å². The summed E-state index contributed by atoms with van der Waals surface area (Å²) in [5, 5.41) is 13.0. The number of nitrogens with zero attached hydrogens (tertiary/aromatic N) is 3. The average Bonchev–Trinajstić information content (AvgIpc) is 2.70. The second-order valence-corrected chi connectivity index (χ2v) is 8.43. The number of nitrogens with one attached hydrogen (secondary N) is 2. The Labute approximate surface area is 176 Å². The van der Waals surface area contributed by atoms with Gasteiger partial charge in [-0.25, -0.2) is 13.8 Å². The molecule has 0 spiro atoms. The van der Waals surface area contributed by atoms with Gasteiger partial charge >= 0.3 is 0 Å². The van der Waals surface area contributed by atoms with Crippen LogP contribution in [0.2, 0.25) is 0 Å². The Hall–Kier alpha value is -3.64. The summed E-state index contributed by atoms with van der Waals surface area (Å²) < 4.78 is 27.4. The second kappa shape index (κ2) is 9.71. The van der Waals surface area contributed by atoms with Crippen molar-refractivity contribution in [3.63, 3.8) is 0 Å². The molecular formula is C21H23N5O3S. The minimum absolute atomic E-state index is 0.0718. The van der Waals surface area contributed by atoms with Gasteiger partial charge < -0.3 is 4.90 Å². The maximum Gasteiger partial charge on any atom is 0.283 e. The van der Waals surface area contributed by atoms with Gasteiger partial charge in [-0.05, 0) is 43.7 Å². The average molecular weight is 426 g/mol. The van der Waals surface area contributed by atoms with Gasteiger partial charge in [-0.1, -0.05) is 29.8 Å². The number of rotatable bonds is 7. The molecule has 0 radical (unpaired) electrons. The molecule has 2 N–H and O–H groups in total. The molecule has 2 aromatic rings. The number of anilines is 1. The van der Waals surface area contributed by atoms with Crippen LogP contribution in [0.5, 0.6) is 0 Å². The summed E-state index contributed by atoms with van der Waals surface area (Å²) in [4.78, 5) is 13.8. The second-order valence-electron chi connectivity index (χ2n) is 6.75. The molecule has 0 aliphatic heterocycles. The highest BCUT2D eigenvalue weighted by Crippen LogP contribution is 2.17. The van der Waals surface area contributed by atoms with Crippen molar-refractivity contribution in [2.45, 2.75) is 18.7 Å². The third-order valence-corrected chi connectivity index (χ3v) is 5.36. The first kappa shape index (κ1) is 22.6. The smallest absolute Gasteiger partial charge is 0.283 e. The summed E-state index contributed by atoms with van der Waals surface area (Å²) in [6.07, 6.45) is 1.40. The molecule has 0 aliphatic rings. The number of carbonyl (C=O) groups is 1. The molecule has 2 rings (SSSR count). The Bertz CT molecular complexity index is 1110. The van der Waals surface area contributed by atoms with Crippen molar-refractivity contribution in [2.75, 3.05) is 18.8 Å². The Balaban J connectivity index is 2.09. The van der Waals surface area contributed by atoms with Gasteiger partial charge in [0.2, 0.25) is 0 Å². The summed E-state index contributed by atoms with van der Waals surface area (Å²) in [5.41, 5.74) is 4.82. The first-order valence-corrected chi connectivity index (χ1v) is 10.4. The quantitative estimate of drug-likeness (QED) is 0.306. The van der Waals surface area contributed by atoms with E-state index in [4.69, 9.17) is 5.26 Å². The zero-order valence-corrected chi connectivity index (χ0v) is 18.0. The molecule has 0 bridgehead atoms. The van der Waals surface area contributed by atoms with Gasteiger partial charge in [0.15, 0.2) is 0 Å². The fourth-order valence-corrected chi connectivity index (χ4v) is 3.43. The maximum atomic E-state index is 12.5. The van der Waals surface area contributed by atoms with Crippen LogP contribution in [0.3, 0.4) is 0 Å². The van der Waals surface area contributed by atoms with Gasteiger partial charge in [0.25, 0.3) is 15.9 Å². The van der Waals surface area contributed by atoms with Crippen molar-refractivity contribution < 1.29 is 13.2 Å². The molecule has 0 fully saturated rings. The zero-order valence-electron chi connectivity index (χ0n) is 17.2. The van der Waals surface area contributed by atoms with E-state index in [-0.39, 0.29) is 10.5 Å². The molecule has 8 nitrogen and oxygen atoms in total. The number of benzene rings is 2. The highest BCUT2D eigenvalue weighted by Gasteiger charge is 2.14. The summed E-state index contributed by atoms with van der Waals surface area (Å²) in [5.74, 6) is -0.618. The highest BCUT2D eigenvalue weighted by atomic mass is 32.2. The summed E-state index contributed by atoms with van der Waals surface area (Å²) >= 11 is 0. The van der Waals surface area contributed by atoms with Crippen molar-refractivity contribution in [3.05, 3.63) is 71.4 Å². The van der Waals surface area contributed by atoms with Crippen molar-refractivity contribution in [2.24, 2.45) is 5.10 Å². The number of carbonyl (C=O) groups excluding carboxylic acids is 1. The van der Waals surface area contributed by atoms with E-state index in [0.29, 0.717) is 17.0 Å². The van der Waals surface area contributed by atoms with E-state index < -0.39 is 15.9 Å². The van der Waals surface area contributed by atoms with Crippen LogP contribution >= 0.6 is 0 Å². The standard InChI is InChI=1S/C21H23N5O3S/c1-15-5-11-20(12-6-15)30(28,29)25-19-9-7-17(8-10-19)16(2)23-24-21(27)18(13-22)14-26(3)4/h5-12,14,25H,1-4H3,(H,24,27)/b18-14+,23-16-. The number of aryl methyl sites for hydroxylation is 1. The molecule has 0 saturated carbocycles. The fourth-order valence-electron chi connectivity index (χ4n) is 2.37. The van der Waals surface area contributed by atoms with E-state index in [0.717, 1.165) is 5.56 Å². The molecule has 0 aliphatic carbocycles. The topological polar surface area (TPSA) is 115 Å².